The van der Waals surface area contributed by atoms with Gasteiger partial charge >= 0.3 is 5.97 Å². The minimum Gasteiger partial charge on any atom is -0.480 e. The highest BCUT2D eigenvalue weighted by atomic mass is 16.4. The zero-order valence-corrected chi connectivity index (χ0v) is 14.4. The average Bonchev–Trinajstić information content (AvgIpc) is 3.04. The number of aromatic amines is 1. The molecule has 0 saturated carbocycles. The van der Waals surface area contributed by atoms with Crippen LogP contribution >= 0.6 is 0 Å². The van der Waals surface area contributed by atoms with Gasteiger partial charge in [0.05, 0.1) is 0 Å². The number of H-pyrrole nitrogens is 1. The van der Waals surface area contributed by atoms with Crippen molar-refractivity contribution in [3.63, 3.8) is 0 Å². The van der Waals surface area contributed by atoms with Gasteiger partial charge in [0.25, 0.3) is 0 Å². The van der Waals surface area contributed by atoms with Crippen LogP contribution in [0, 0.1) is 6.92 Å². The Morgan fingerprint density at radius 3 is 2.62 bits per heavy atom. The molecule has 0 unspecified atom stereocenters. The number of fused-ring (bicyclic) bond motifs is 1. The third kappa shape index (κ3) is 4.00. The zero-order chi connectivity index (χ0) is 18.5. The molecule has 1 aromatic heterocycles. The molecule has 0 fully saturated rings. The van der Waals surface area contributed by atoms with Crippen molar-refractivity contribution in [3.8, 4) is 0 Å². The van der Waals surface area contributed by atoms with Gasteiger partial charge in [0.15, 0.2) is 5.78 Å². The second kappa shape index (κ2) is 7.70. The number of para-hydroxylation sites is 1. The number of hydrogen-bond donors (Lipinski definition) is 3. The zero-order valence-electron chi connectivity index (χ0n) is 14.4. The lowest BCUT2D eigenvalue weighted by Crippen LogP contribution is -2.35. The van der Waals surface area contributed by atoms with E-state index in [2.05, 4.69) is 10.3 Å². The number of rotatable bonds is 7. The number of aryl methyl sites for hydroxylation is 1. The fraction of sp³-hybridized carbons (Fsp3) is 0.143. The molecular formula is C21H20N2O3. The van der Waals surface area contributed by atoms with E-state index in [1.165, 1.54) is 12.3 Å². The molecule has 5 nitrogen and oxygen atoms in total. The molecule has 0 bridgehead atoms. The van der Waals surface area contributed by atoms with Gasteiger partial charge in [-0.15, -0.1) is 0 Å². The summed E-state index contributed by atoms with van der Waals surface area (Å²) >= 11 is 0. The molecule has 0 saturated heterocycles. The number of hydrogen-bond acceptors (Lipinski definition) is 3. The van der Waals surface area contributed by atoms with Crippen molar-refractivity contribution in [2.75, 3.05) is 0 Å². The minimum atomic E-state index is -0.970. The summed E-state index contributed by atoms with van der Waals surface area (Å²) in [6.07, 6.45) is 4.90. The predicted octanol–water partition coefficient (Wildman–Crippen LogP) is 3.46. The molecule has 0 radical (unpaired) electrons. The van der Waals surface area contributed by atoms with Crippen LogP contribution < -0.4 is 5.32 Å². The Morgan fingerprint density at radius 1 is 1.15 bits per heavy atom. The molecule has 5 heteroatoms. The van der Waals surface area contributed by atoms with Crippen LogP contribution in [-0.4, -0.2) is 27.9 Å². The number of benzene rings is 2. The van der Waals surface area contributed by atoms with Crippen LogP contribution in [0.5, 0.6) is 0 Å². The number of aliphatic carboxylic acids is 1. The normalized spacial score (nSPS) is 12.3. The summed E-state index contributed by atoms with van der Waals surface area (Å²) in [4.78, 5) is 26.8. The summed E-state index contributed by atoms with van der Waals surface area (Å²) in [5.74, 6) is -1.14. The van der Waals surface area contributed by atoms with Gasteiger partial charge in [0.1, 0.15) is 6.04 Å². The quantitative estimate of drug-likeness (QED) is 0.451. The molecule has 2 aromatic carbocycles. The molecule has 0 aliphatic carbocycles. The van der Waals surface area contributed by atoms with Crippen LogP contribution in [0.1, 0.15) is 21.5 Å². The van der Waals surface area contributed by atoms with Crippen molar-refractivity contribution < 1.29 is 14.7 Å². The second-order valence-corrected chi connectivity index (χ2v) is 6.18. The van der Waals surface area contributed by atoms with E-state index in [1.807, 2.05) is 49.5 Å². The number of carboxylic acids is 1. The van der Waals surface area contributed by atoms with Crippen LogP contribution in [0.25, 0.3) is 10.9 Å². The molecule has 3 rings (SSSR count). The highest BCUT2D eigenvalue weighted by molar-refractivity contribution is 6.04. The maximum atomic E-state index is 12.1. The molecule has 0 aliphatic rings. The Hall–Kier alpha value is -3.34. The Morgan fingerprint density at radius 2 is 1.88 bits per heavy atom. The van der Waals surface area contributed by atoms with Gasteiger partial charge in [-0.2, -0.15) is 0 Å². The maximum absolute atomic E-state index is 12.1. The van der Waals surface area contributed by atoms with E-state index in [9.17, 15) is 14.7 Å². The lowest BCUT2D eigenvalue weighted by molar-refractivity contribution is -0.139. The molecule has 1 atom stereocenters. The third-order valence-electron chi connectivity index (χ3n) is 4.27. The van der Waals surface area contributed by atoms with Crippen LogP contribution in [0.3, 0.4) is 0 Å². The van der Waals surface area contributed by atoms with Gasteiger partial charge in [0.2, 0.25) is 0 Å². The number of allylic oxidation sites excluding steroid dienone is 1. The number of aromatic nitrogens is 1. The fourth-order valence-electron chi connectivity index (χ4n) is 2.79. The minimum absolute atomic E-state index is 0.172. The summed E-state index contributed by atoms with van der Waals surface area (Å²) < 4.78 is 0. The molecule has 132 valence electrons. The van der Waals surface area contributed by atoms with Crippen LogP contribution in [-0.2, 0) is 11.2 Å². The molecule has 0 amide bonds. The number of nitrogens with one attached hydrogen (secondary N) is 2. The first-order valence-corrected chi connectivity index (χ1v) is 8.36. The van der Waals surface area contributed by atoms with Crippen LogP contribution in [0.4, 0.5) is 0 Å². The SMILES string of the molecule is Cc1ccc(C(=O)/C=C/N[C@H](Cc2c[nH]c3ccccc23)C(=O)O)cc1. The first-order valence-electron chi connectivity index (χ1n) is 8.36. The van der Waals surface area contributed by atoms with E-state index in [-0.39, 0.29) is 5.78 Å². The monoisotopic (exact) mass is 348 g/mol. The third-order valence-corrected chi connectivity index (χ3v) is 4.27. The van der Waals surface area contributed by atoms with Gasteiger partial charge in [0, 0.05) is 41.4 Å². The largest absolute Gasteiger partial charge is 0.480 e. The number of ketones is 1. The Balaban J connectivity index is 1.68. The van der Waals surface area contributed by atoms with Gasteiger partial charge in [-0.3, -0.25) is 4.79 Å². The summed E-state index contributed by atoms with van der Waals surface area (Å²) in [7, 11) is 0. The highest BCUT2D eigenvalue weighted by Crippen LogP contribution is 2.19. The smallest absolute Gasteiger partial charge is 0.326 e. The first-order chi connectivity index (χ1) is 12.5. The molecule has 26 heavy (non-hydrogen) atoms. The summed E-state index contributed by atoms with van der Waals surface area (Å²) in [6, 6.07) is 14.2. The highest BCUT2D eigenvalue weighted by Gasteiger charge is 2.18. The molecule has 0 aliphatic heterocycles. The Labute approximate surface area is 151 Å². The number of carbonyl (C=O) groups excluding carboxylic acids is 1. The second-order valence-electron chi connectivity index (χ2n) is 6.18. The average molecular weight is 348 g/mol. The van der Waals surface area contributed by atoms with E-state index >= 15 is 0 Å². The fourth-order valence-corrected chi connectivity index (χ4v) is 2.79. The van der Waals surface area contributed by atoms with E-state index in [1.54, 1.807) is 12.1 Å². The number of carboxylic acid groups (broad SMARTS) is 1. The van der Waals surface area contributed by atoms with E-state index in [0.717, 1.165) is 22.0 Å². The van der Waals surface area contributed by atoms with Crippen molar-refractivity contribution in [2.45, 2.75) is 19.4 Å². The Bertz CT molecular complexity index is 955. The van der Waals surface area contributed by atoms with Gasteiger partial charge in [-0.05, 0) is 18.6 Å². The standard InChI is InChI=1S/C21H20N2O3/c1-14-6-8-15(9-7-14)20(24)10-11-22-19(21(25)26)12-16-13-23-18-5-3-2-4-17(16)18/h2-11,13,19,22-23H,12H2,1H3,(H,25,26)/b11-10+/t19-/m1/s1. The van der Waals surface area contributed by atoms with Crippen molar-refractivity contribution in [1.29, 1.82) is 0 Å². The lowest BCUT2D eigenvalue weighted by Gasteiger charge is -2.12. The van der Waals surface area contributed by atoms with E-state index in [4.69, 9.17) is 0 Å². The van der Waals surface area contributed by atoms with Gasteiger partial charge < -0.3 is 15.4 Å². The summed E-state index contributed by atoms with van der Waals surface area (Å²) in [5.41, 5.74) is 3.53. The maximum Gasteiger partial charge on any atom is 0.326 e. The van der Waals surface area contributed by atoms with E-state index < -0.39 is 12.0 Å². The lowest BCUT2D eigenvalue weighted by atomic mass is 10.1. The first kappa shape index (κ1) is 17.5. The summed E-state index contributed by atoms with van der Waals surface area (Å²) in [5, 5.41) is 13.3. The van der Waals surface area contributed by atoms with Crippen molar-refractivity contribution in [3.05, 3.63) is 83.7 Å². The van der Waals surface area contributed by atoms with Gasteiger partial charge in [-0.25, -0.2) is 4.79 Å². The molecule has 3 aromatic rings. The molecule has 0 spiro atoms. The summed E-state index contributed by atoms with van der Waals surface area (Å²) in [6.45, 7) is 1.95. The van der Waals surface area contributed by atoms with Crippen LogP contribution in [0.2, 0.25) is 0 Å². The van der Waals surface area contributed by atoms with Crippen molar-refractivity contribution in [1.82, 2.24) is 10.3 Å². The van der Waals surface area contributed by atoms with Crippen molar-refractivity contribution in [2.24, 2.45) is 0 Å². The van der Waals surface area contributed by atoms with Crippen LogP contribution in [0.15, 0.2) is 67.0 Å². The van der Waals surface area contributed by atoms with E-state index in [0.29, 0.717) is 12.0 Å². The molecule has 3 N–H and O–H groups in total. The molecule has 1 heterocycles. The van der Waals surface area contributed by atoms with Crippen molar-refractivity contribution >= 4 is 22.7 Å². The molecular weight excluding hydrogens is 328 g/mol. The number of carbonyl (C=O) groups is 2. The predicted molar refractivity (Wildman–Crippen MR) is 101 cm³/mol. The van der Waals surface area contributed by atoms with Gasteiger partial charge in [-0.1, -0.05) is 48.0 Å². The topological polar surface area (TPSA) is 82.2 Å². The Kier molecular flexibility index (Phi) is 5.17.